The number of carbonyl (C=O) groups is 1. The van der Waals surface area contributed by atoms with Gasteiger partial charge in [-0.05, 0) is 26.0 Å². The van der Waals surface area contributed by atoms with Crippen molar-refractivity contribution in [1.82, 2.24) is 14.5 Å². The Hall–Kier alpha value is -3.00. The van der Waals surface area contributed by atoms with Gasteiger partial charge in [-0.2, -0.15) is 0 Å². The van der Waals surface area contributed by atoms with Crippen molar-refractivity contribution in [3.05, 3.63) is 52.0 Å². The quantitative estimate of drug-likeness (QED) is 0.760. The highest BCUT2D eigenvalue weighted by Gasteiger charge is 2.23. The van der Waals surface area contributed by atoms with Crippen LogP contribution in [0.25, 0.3) is 11.1 Å². The van der Waals surface area contributed by atoms with E-state index in [1.165, 1.54) is 10.9 Å². The molecule has 8 heteroatoms. The fourth-order valence-electron chi connectivity index (χ4n) is 2.56. The Morgan fingerprint density at radius 2 is 2.16 bits per heavy atom. The summed E-state index contributed by atoms with van der Waals surface area (Å²) in [7, 11) is 1.55. The first-order valence-electron chi connectivity index (χ1n) is 7.73. The van der Waals surface area contributed by atoms with E-state index in [9.17, 15) is 9.59 Å². The van der Waals surface area contributed by atoms with Crippen molar-refractivity contribution in [2.45, 2.75) is 20.4 Å². The van der Waals surface area contributed by atoms with Gasteiger partial charge in [0.05, 0.1) is 30.1 Å². The molecular weight excluding hydrogens is 324 g/mol. The summed E-state index contributed by atoms with van der Waals surface area (Å²) in [4.78, 5) is 33.7. The lowest BCUT2D eigenvalue weighted by Crippen LogP contribution is -2.24. The molecule has 0 spiro atoms. The van der Waals surface area contributed by atoms with E-state index >= 15 is 0 Å². The maximum absolute atomic E-state index is 12.7. The minimum atomic E-state index is -0.434. The molecule has 1 N–H and O–H groups in total. The second-order valence-electron chi connectivity index (χ2n) is 5.54. The first-order chi connectivity index (χ1) is 12.0. The first kappa shape index (κ1) is 16.8. The number of furan rings is 1. The average molecular weight is 342 g/mol. The molecule has 1 amide bonds. The van der Waals surface area contributed by atoms with Crippen molar-refractivity contribution >= 4 is 22.7 Å². The van der Waals surface area contributed by atoms with Crippen LogP contribution in [0.1, 0.15) is 21.8 Å². The Morgan fingerprint density at radius 3 is 2.88 bits per heavy atom. The predicted octanol–water partition coefficient (Wildman–Crippen LogP) is 1.90. The lowest BCUT2D eigenvalue weighted by atomic mass is 10.1. The zero-order chi connectivity index (χ0) is 18.0. The molecule has 130 valence electrons. The minimum Gasteiger partial charge on any atom is -0.442 e. The van der Waals surface area contributed by atoms with Gasteiger partial charge < -0.3 is 14.5 Å². The third-order valence-corrected chi connectivity index (χ3v) is 3.87. The van der Waals surface area contributed by atoms with E-state index in [-0.39, 0.29) is 22.2 Å². The van der Waals surface area contributed by atoms with Crippen LogP contribution < -0.4 is 10.9 Å². The van der Waals surface area contributed by atoms with Crippen LogP contribution in [0.5, 0.6) is 0 Å². The largest absolute Gasteiger partial charge is 0.442 e. The number of hydrogen-bond acceptors (Lipinski definition) is 6. The molecule has 0 unspecified atom stereocenters. The van der Waals surface area contributed by atoms with E-state index in [1.807, 2.05) is 0 Å². The molecule has 3 aromatic rings. The molecule has 25 heavy (non-hydrogen) atoms. The van der Waals surface area contributed by atoms with Gasteiger partial charge >= 0.3 is 0 Å². The molecule has 0 atom stereocenters. The van der Waals surface area contributed by atoms with Crippen LogP contribution in [0.2, 0.25) is 0 Å². The number of nitrogens with one attached hydrogen (secondary N) is 1. The van der Waals surface area contributed by atoms with Crippen LogP contribution in [0.4, 0.5) is 5.69 Å². The summed E-state index contributed by atoms with van der Waals surface area (Å²) in [5.41, 5.74) is 1.24. The van der Waals surface area contributed by atoms with E-state index in [2.05, 4.69) is 15.3 Å². The molecule has 3 aromatic heterocycles. The average Bonchev–Trinajstić information content (AvgIpc) is 2.93. The highest BCUT2D eigenvalue weighted by atomic mass is 16.5. The van der Waals surface area contributed by atoms with Crippen LogP contribution in [0.3, 0.4) is 0 Å². The van der Waals surface area contributed by atoms with Crippen LogP contribution in [-0.2, 0) is 11.3 Å². The summed E-state index contributed by atoms with van der Waals surface area (Å²) in [5.74, 6) is -0.0983. The zero-order valence-corrected chi connectivity index (χ0v) is 14.2. The number of aromatic nitrogens is 3. The Balaban J connectivity index is 2.06. The zero-order valence-electron chi connectivity index (χ0n) is 14.2. The van der Waals surface area contributed by atoms with Crippen molar-refractivity contribution < 1.29 is 13.9 Å². The monoisotopic (exact) mass is 342 g/mol. The molecule has 3 rings (SSSR count). The lowest BCUT2D eigenvalue weighted by Gasteiger charge is -2.07. The number of anilines is 1. The van der Waals surface area contributed by atoms with Gasteiger partial charge in [0.2, 0.25) is 5.71 Å². The van der Waals surface area contributed by atoms with Crippen molar-refractivity contribution in [1.29, 1.82) is 0 Å². The van der Waals surface area contributed by atoms with Gasteiger partial charge in [-0.3, -0.25) is 19.1 Å². The Bertz CT molecular complexity index is 990. The van der Waals surface area contributed by atoms with Crippen LogP contribution >= 0.6 is 0 Å². The molecule has 0 fully saturated rings. The van der Waals surface area contributed by atoms with E-state index < -0.39 is 5.91 Å². The smallest absolute Gasteiger partial charge is 0.265 e. The number of pyridine rings is 1. The highest BCUT2D eigenvalue weighted by molar-refractivity contribution is 6.12. The number of methoxy groups -OCH3 is 1. The van der Waals surface area contributed by atoms with Gasteiger partial charge in [-0.15, -0.1) is 0 Å². The number of rotatable bonds is 5. The molecule has 0 aromatic carbocycles. The van der Waals surface area contributed by atoms with E-state index in [1.54, 1.807) is 39.3 Å². The van der Waals surface area contributed by atoms with Gasteiger partial charge in [0, 0.05) is 13.3 Å². The van der Waals surface area contributed by atoms with Gasteiger partial charge in [-0.25, -0.2) is 4.98 Å². The normalized spacial score (nSPS) is 11.0. The molecule has 0 saturated heterocycles. The second kappa shape index (κ2) is 6.86. The van der Waals surface area contributed by atoms with E-state index in [0.717, 1.165) is 0 Å². The first-order valence-corrected chi connectivity index (χ1v) is 7.73. The number of fused-ring (bicyclic) bond motifs is 1. The van der Waals surface area contributed by atoms with Gasteiger partial charge in [0.15, 0.2) is 0 Å². The Labute approximate surface area is 143 Å². The van der Waals surface area contributed by atoms with Crippen LogP contribution in [-0.4, -0.2) is 34.2 Å². The molecule has 0 radical (unpaired) electrons. The summed E-state index contributed by atoms with van der Waals surface area (Å²) in [6.07, 6.45) is 3.03. The number of amides is 1. The van der Waals surface area contributed by atoms with Crippen molar-refractivity contribution in [2.75, 3.05) is 19.0 Å². The minimum absolute atomic E-state index is 0.143. The van der Waals surface area contributed by atoms with Gasteiger partial charge in [0.1, 0.15) is 17.5 Å². The summed E-state index contributed by atoms with van der Waals surface area (Å²) < 4.78 is 11.9. The number of ether oxygens (including phenoxy) is 1. The summed E-state index contributed by atoms with van der Waals surface area (Å²) >= 11 is 0. The summed E-state index contributed by atoms with van der Waals surface area (Å²) in [5, 5.41) is 2.94. The van der Waals surface area contributed by atoms with Gasteiger partial charge in [0.25, 0.3) is 11.5 Å². The highest BCUT2D eigenvalue weighted by Crippen LogP contribution is 2.22. The number of aryl methyl sites for hydroxylation is 2. The van der Waals surface area contributed by atoms with Crippen molar-refractivity contribution in [3.63, 3.8) is 0 Å². The third-order valence-electron chi connectivity index (χ3n) is 3.87. The fourth-order valence-corrected chi connectivity index (χ4v) is 2.56. The SMILES string of the molecule is COCCn1cnc2oc(C)c(C(=O)Nc3cccnc3C)c2c1=O. The molecule has 0 aliphatic heterocycles. The standard InChI is InChI=1S/C17H18N4O4/c1-10-12(5-4-6-18-10)20-15(22)13-11(2)25-16-14(13)17(23)21(9-19-16)7-8-24-3/h4-6,9H,7-8H2,1-3H3,(H,20,22). The molecule has 0 saturated carbocycles. The topological polar surface area (TPSA) is 99.2 Å². The molecule has 3 heterocycles. The van der Waals surface area contributed by atoms with Crippen LogP contribution in [0, 0.1) is 13.8 Å². The Kier molecular flexibility index (Phi) is 4.62. The maximum atomic E-state index is 12.7. The number of nitrogens with zero attached hydrogens (tertiary/aromatic N) is 3. The predicted molar refractivity (Wildman–Crippen MR) is 91.8 cm³/mol. The number of carbonyl (C=O) groups excluding carboxylic acids is 1. The molecule has 0 aliphatic rings. The number of hydrogen-bond donors (Lipinski definition) is 1. The van der Waals surface area contributed by atoms with Crippen LogP contribution in [0.15, 0.2) is 33.9 Å². The van der Waals surface area contributed by atoms with Gasteiger partial charge in [-0.1, -0.05) is 0 Å². The molecule has 8 nitrogen and oxygen atoms in total. The summed E-state index contributed by atoms with van der Waals surface area (Å²) in [6.45, 7) is 4.12. The van der Waals surface area contributed by atoms with Crippen molar-refractivity contribution in [2.24, 2.45) is 0 Å². The second-order valence-corrected chi connectivity index (χ2v) is 5.54. The Morgan fingerprint density at radius 1 is 1.36 bits per heavy atom. The van der Waals surface area contributed by atoms with Crippen molar-refractivity contribution in [3.8, 4) is 0 Å². The lowest BCUT2D eigenvalue weighted by molar-refractivity contribution is 0.102. The summed E-state index contributed by atoms with van der Waals surface area (Å²) in [6, 6.07) is 3.47. The molecule has 0 aliphatic carbocycles. The van der Waals surface area contributed by atoms with E-state index in [4.69, 9.17) is 9.15 Å². The third kappa shape index (κ3) is 3.16. The molecular formula is C17H18N4O4. The fraction of sp³-hybridized carbons (Fsp3) is 0.294. The maximum Gasteiger partial charge on any atom is 0.265 e. The molecule has 0 bridgehead atoms. The van der Waals surface area contributed by atoms with E-state index in [0.29, 0.717) is 30.3 Å².